The Morgan fingerprint density at radius 2 is 0.929 bits per heavy atom. The maximum Gasteiger partial charge on any atom is 0.328 e. The third-order valence-electron chi connectivity index (χ3n) is 7.59. The molecule has 0 unspecified atom stereocenters. The molecule has 202 valence electrons. The molecule has 0 atom stereocenters. The van der Waals surface area contributed by atoms with Crippen molar-refractivity contribution in [3.63, 3.8) is 0 Å². The Morgan fingerprint density at radius 1 is 0.452 bits per heavy atom. The van der Waals surface area contributed by atoms with Gasteiger partial charge in [0.15, 0.2) is 17.5 Å². The smallest absolute Gasteiger partial charge is 0.295 e. The summed E-state index contributed by atoms with van der Waals surface area (Å²) in [4.78, 5) is 27.7. The van der Waals surface area contributed by atoms with Crippen molar-refractivity contribution in [2.24, 2.45) is 14.1 Å². The molecule has 0 saturated heterocycles. The number of aromatic nitrogens is 5. The highest BCUT2D eigenvalue weighted by Crippen LogP contribution is 2.35. The topological polar surface area (TPSA) is 65.6 Å². The van der Waals surface area contributed by atoms with Gasteiger partial charge in [0.2, 0.25) is 0 Å². The first-order valence-electron chi connectivity index (χ1n) is 13.8. The number of benzene rings is 5. The molecule has 6 nitrogen and oxygen atoms in total. The zero-order chi connectivity index (χ0) is 28.6. The van der Waals surface area contributed by atoms with Gasteiger partial charge in [0.05, 0.1) is 11.0 Å². The molecule has 6 heteroatoms. The highest BCUT2D eigenvalue weighted by molar-refractivity contribution is 5.94. The quantitative estimate of drug-likeness (QED) is 0.226. The third kappa shape index (κ3) is 4.49. The summed E-state index contributed by atoms with van der Waals surface area (Å²) in [5, 5.41) is 0. The van der Waals surface area contributed by atoms with Gasteiger partial charge in [0.25, 0.3) is 0 Å². The molecule has 0 spiro atoms. The van der Waals surface area contributed by atoms with E-state index in [9.17, 15) is 4.79 Å². The van der Waals surface area contributed by atoms with Gasteiger partial charge in [-0.3, -0.25) is 9.13 Å². The lowest BCUT2D eigenvalue weighted by Gasteiger charge is -2.13. The maximum absolute atomic E-state index is 12.9. The first-order valence-corrected chi connectivity index (χ1v) is 13.8. The fourth-order valence-corrected chi connectivity index (χ4v) is 5.46. The molecule has 0 bridgehead atoms. The average Bonchev–Trinajstić information content (AvgIpc) is 3.29. The maximum atomic E-state index is 12.9. The van der Waals surface area contributed by atoms with Crippen LogP contribution < -0.4 is 5.69 Å². The van der Waals surface area contributed by atoms with Gasteiger partial charge in [-0.1, -0.05) is 103 Å². The molecule has 0 aliphatic carbocycles. The summed E-state index contributed by atoms with van der Waals surface area (Å²) < 4.78 is 3.40. The third-order valence-corrected chi connectivity index (χ3v) is 7.59. The second-order valence-corrected chi connectivity index (χ2v) is 10.3. The Morgan fingerprint density at radius 3 is 1.50 bits per heavy atom. The Bertz CT molecular complexity index is 2060. The molecule has 0 fully saturated rings. The lowest BCUT2D eigenvalue weighted by Crippen LogP contribution is -2.19. The molecule has 2 heterocycles. The second kappa shape index (κ2) is 10.4. The van der Waals surface area contributed by atoms with E-state index in [-0.39, 0.29) is 5.69 Å². The number of aryl methyl sites for hydroxylation is 2. The highest BCUT2D eigenvalue weighted by atomic mass is 16.1. The van der Waals surface area contributed by atoms with Crippen LogP contribution in [0.4, 0.5) is 0 Å². The van der Waals surface area contributed by atoms with Crippen molar-refractivity contribution in [3.8, 4) is 56.4 Å². The zero-order valence-corrected chi connectivity index (χ0v) is 23.3. The molecule has 0 radical (unpaired) electrons. The zero-order valence-electron chi connectivity index (χ0n) is 23.3. The van der Waals surface area contributed by atoms with Gasteiger partial charge in [-0.25, -0.2) is 19.7 Å². The molecule has 0 saturated carbocycles. The van der Waals surface area contributed by atoms with E-state index in [1.165, 1.54) is 0 Å². The minimum absolute atomic E-state index is 0.0608. The van der Waals surface area contributed by atoms with Crippen LogP contribution in [0.15, 0.2) is 132 Å². The van der Waals surface area contributed by atoms with Gasteiger partial charge in [-0.2, -0.15) is 0 Å². The molecule has 0 aliphatic heterocycles. The number of fused-ring (bicyclic) bond motifs is 1. The Hall–Kier alpha value is -5.62. The highest BCUT2D eigenvalue weighted by Gasteiger charge is 2.17. The Kier molecular flexibility index (Phi) is 6.28. The number of para-hydroxylation sites is 1. The van der Waals surface area contributed by atoms with Gasteiger partial charge in [0.1, 0.15) is 0 Å². The van der Waals surface area contributed by atoms with Crippen LogP contribution in [-0.4, -0.2) is 24.1 Å². The molecular formula is C36H27N5O. The van der Waals surface area contributed by atoms with Crippen molar-refractivity contribution in [3.05, 3.63) is 138 Å². The van der Waals surface area contributed by atoms with Crippen LogP contribution >= 0.6 is 0 Å². The summed E-state index contributed by atoms with van der Waals surface area (Å²) in [6.07, 6.45) is 0. The van der Waals surface area contributed by atoms with Crippen LogP contribution in [0.2, 0.25) is 0 Å². The van der Waals surface area contributed by atoms with Crippen molar-refractivity contribution in [1.29, 1.82) is 0 Å². The molecular weight excluding hydrogens is 518 g/mol. The Balaban J connectivity index is 1.51. The molecule has 0 amide bonds. The Labute approximate surface area is 243 Å². The van der Waals surface area contributed by atoms with Crippen LogP contribution in [0.25, 0.3) is 67.5 Å². The van der Waals surface area contributed by atoms with E-state index in [0.717, 1.165) is 50.0 Å². The first kappa shape index (κ1) is 25.4. The van der Waals surface area contributed by atoms with E-state index in [2.05, 4.69) is 36.4 Å². The predicted molar refractivity (Wildman–Crippen MR) is 169 cm³/mol. The molecule has 0 N–H and O–H groups in total. The van der Waals surface area contributed by atoms with Gasteiger partial charge in [0, 0.05) is 36.3 Å². The van der Waals surface area contributed by atoms with Gasteiger partial charge >= 0.3 is 5.69 Å². The summed E-state index contributed by atoms with van der Waals surface area (Å²) in [7, 11) is 3.63. The van der Waals surface area contributed by atoms with Crippen LogP contribution in [-0.2, 0) is 14.1 Å². The summed E-state index contributed by atoms with van der Waals surface area (Å²) in [6.45, 7) is 0. The van der Waals surface area contributed by atoms with Crippen molar-refractivity contribution in [2.75, 3.05) is 0 Å². The van der Waals surface area contributed by atoms with Crippen molar-refractivity contribution >= 4 is 11.0 Å². The molecule has 42 heavy (non-hydrogen) atoms. The van der Waals surface area contributed by atoms with E-state index in [4.69, 9.17) is 15.0 Å². The summed E-state index contributed by atoms with van der Waals surface area (Å²) >= 11 is 0. The van der Waals surface area contributed by atoms with Crippen LogP contribution in [0.1, 0.15) is 0 Å². The van der Waals surface area contributed by atoms with Gasteiger partial charge < -0.3 is 0 Å². The van der Waals surface area contributed by atoms with E-state index >= 15 is 0 Å². The predicted octanol–water partition coefficient (Wildman–Crippen LogP) is 7.40. The molecule has 5 aromatic carbocycles. The summed E-state index contributed by atoms with van der Waals surface area (Å²) in [5.41, 5.74) is 8.45. The van der Waals surface area contributed by atoms with E-state index in [0.29, 0.717) is 17.5 Å². The lowest BCUT2D eigenvalue weighted by molar-refractivity contribution is 0.795. The van der Waals surface area contributed by atoms with Crippen molar-refractivity contribution < 1.29 is 0 Å². The van der Waals surface area contributed by atoms with E-state index in [1.807, 2.05) is 98.0 Å². The number of nitrogens with zero attached hydrogens (tertiary/aromatic N) is 5. The number of hydrogen-bond acceptors (Lipinski definition) is 4. The van der Waals surface area contributed by atoms with Crippen molar-refractivity contribution in [1.82, 2.24) is 24.1 Å². The second-order valence-electron chi connectivity index (χ2n) is 10.3. The van der Waals surface area contributed by atoms with Crippen molar-refractivity contribution in [2.45, 2.75) is 0 Å². The van der Waals surface area contributed by atoms with Crippen LogP contribution in [0, 0.1) is 0 Å². The minimum atomic E-state index is -0.0608. The largest absolute Gasteiger partial charge is 0.328 e. The molecule has 0 aliphatic rings. The first-order chi connectivity index (χ1) is 20.6. The lowest BCUT2D eigenvalue weighted by atomic mass is 9.95. The number of hydrogen-bond donors (Lipinski definition) is 0. The standard InChI is InChI=1S/C36H27N5O/c1-40-31-20-12-19-30(32(31)41(2)36(40)42)28-21-27(24-13-6-3-7-14-24)22-29(23-28)35-38-33(25-15-8-4-9-16-25)37-34(39-35)26-17-10-5-11-18-26/h3-23H,1-2H3. The number of rotatable bonds is 5. The SMILES string of the molecule is Cn1c(=O)n(C)c2c(-c3cc(-c4ccccc4)cc(-c4nc(-c5ccccc5)nc(-c5ccccc5)n4)c3)cccc21. The monoisotopic (exact) mass is 545 g/mol. The van der Waals surface area contributed by atoms with Gasteiger partial charge in [-0.15, -0.1) is 0 Å². The summed E-state index contributed by atoms with van der Waals surface area (Å²) in [6, 6.07) is 42.7. The molecule has 2 aromatic heterocycles. The van der Waals surface area contributed by atoms with E-state index in [1.54, 1.807) is 16.2 Å². The summed E-state index contributed by atoms with van der Waals surface area (Å²) in [5.74, 6) is 1.80. The molecule has 7 rings (SSSR count). The number of imidazole rings is 1. The van der Waals surface area contributed by atoms with Crippen LogP contribution in [0.5, 0.6) is 0 Å². The fourth-order valence-electron chi connectivity index (χ4n) is 5.46. The fraction of sp³-hybridized carbons (Fsp3) is 0.0556. The van der Waals surface area contributed by atoms with E-state index < -0.39 is 0 Å². The molecule has 7 aromatic rings. The van der Waals surface area contributed by atoms with Crippen LogP contribution in [0.3, 0.4) is 0 Å². The minimum Gasteiger partial charge on any atom is -0.295 e. The normalized spacial score (nSPS) is 11.2. The average molecular weight is 546 g/mol. The van der Waals surface area contributed by atoms with Gasteiger partial charge in [-0.05, 0) is 41.0 Å².